The van der Waals surface area contributed by atoms with Crippen LogP contribution in [0.15, 0.2) is 24.3 Å². The SMILES string of the molecule is CCOC(=O)C=Cc1cccc(O)c1F. The molecule has 0 saturated heterocycles. The summed E-state index contributed by atoms with van der Waals surface area (Å²) >= 11 is 0. The first-order valence-corrected chi connectivity index (χ1v) is 4.47. The highest BCUT2D eigenvalue weighted by atomic mass is 19.1. The zero-order valence-electron chi connectivity index (χ0n) is 8.24. The molecule has 0 saturated carbocycles. The van der Waals surface area contributed by atoms with E-state index in [9.17, 15) is 9.18 Å². The van der Waals surface area contributed by atoms with E-state index < -0.39 is 17.5 Å². The molecule has 1 N–H and O–H groups in total. The van der Waals surface area contributed by atoms with E-state index in [4.69, 9.17) is 5.11 Å². The van der Waals surface area contributed by atoms with Crippen molar-refractivity contribution in [2.24, 2.45) is 0 Å². The molecule has 15 heavy (non-hydrogen) atoms. The van der Waals surface area contributed by atoms with Crippen molar-refractivity contribution in [2.45, 2.75) is 6.92 Å². The van der Waals surface area contributed by atoms with Crippen molar-refractivity contribution in [1.82, 2.24) is 0 Å². The van der Waals surface area contributed by atoms with Gasteiger partial charge in [0.15, 0.2) is 11.6 Å². The summed E-state index contributed by atoms with van der Waals surface area (Å²) in [6.07, 6.45) is 2.37. The third-order valence-electron chi connectivity index (χ3n) is 1.69. The lowest BCUT2D eigenvalue weighted by Crippen LogP contribution is -1.98. The summed E-state index contributed by atoms with van der Waals surface area (Å²) in [6.45, 7) is 1.95. The number of carbonyl (C=O) groups is 1. The molecule has 4 heteroatoms. The molecule has 0 amide bonds. The number of benzene rings is 1. The van der Waals surface area contributed by atoms with Gasteiger partial charge in [-0.05, 0) is 19.1 Å². The number of aromatic hydroxyl groups is 1. The van der Waals surface area contributed by atoms with Crippen molar-refractivity contribution in [3.05, 3.63) is 35.7 Å². The minimum atomic E-state index is -0.752. The molecule has 0 aromatic heterocycles. The van der Waals surface area contributed by atoms with Gasteiger partial charge in [-0.25, -0.2) is 9.18 Å². The lowest BCUT2D eigenvalue weighted by Gasteiger charge is -1.99. The van der Waals surface area contributed by atoms with Crippen molar-refractivity contribution >= 4 is 12.0 Å². The van der Waals surface area contributed by atoms with E-state index in [2.05, 4.69) is 4.74 Å². The van der Waals surface area contributed by atoms with Gasteiger partial charge in [0.2, 0.25) is 0 Å². The van der Waals surface area contributed by atoms with Crippen molar-refractivity contribution in [2.75, 3.05) is 6.61 Å². The Bertz CT molecular complexity index is 385. The molecule has 0 bridgehead atoms. The van der Waals surface area contributed by atoms with Crippen molar-refractivity contribution in [1.29, 1.82) is 0 Å². The van der Waals surface area contributed by atoms with Gasteiger partial charge < -0.3 is 9.84 Å². The molecule has 0 spiro atoms. The number of phenolic OH excluding ortho intramolecular Hbond substituents is 1. The second-order valence-corrected chi connectivity index (χ2v) is 2.77. The van der Waals surface area contributed by atoms with Crippen LogP contribution in [0.4, 0.5) is 4.39 Å². The molecule has 0 aliphatic carbocycles. The summed E-state index contributed by atoms with van der Waals surface area (Å²) in [5.74, 6) is -1.74. The highest BCUT2D eigenvalue weighted by Crippen LogP contribution is 2.19. The maximum atomic E-state index is 13.2. The van der Waals surface area contributed by atoms with Gasteiger partial charge in [-0.3, -0.25) is 0 Å². The molecule has 0 heterocycles. The van der Waals surface area contributed by atoms with E-state index in [0.29, 0.717) is 0 Å². The first kappa shape index (κ1) is 11.2. The van der Waals surface area contributed by atoms with Crippen molar-refractivity contribution in [3.63, 3.8) is 0 Å². The van der Waals surface area contributed by atoms with Crippen molar-refractivity contribution in [3.8, 4) is 5.75 Å². The van der Waals surface area contributed by atoms with Gasteiger partial charge >= 0.3 is 5.97 Å². The summed E-state index contributed by atoms with van der Waals surface area (Å²) in [4.78, 5) is 10.9. The minimum Gasteiger partial charge on any atom is -0.505 e. The predicted octanol–water partition coefficient (Wildman–Crippen LogP) is 2.11. The summed E-state index contributed by atoms with van der Waals surface area (Å²) in [5.41, 5.74) is 0.142. The molecule has 1 aromatic carbocycles. The van der Waals surface area contributed by atoms with Crippen LogP contribution in [-0.4, -0.2) is 17.7 Å². The minimum absolute atomic E-state index is 0.142. The largest absolute Gasteiger partial charge is 0.505 e. The predicted molar refractivity (Wildman–Crippen MR) is 53.7 cm³/mol. The smallest absolute Gasteiger partial charge is 0.330 e. The molecular weight excluding hydrogens is 199 g/mol. The van der Waals surface area contributed by atoms with E-state index in [0.717, 1.165) is 6.08 Å². The normalized spacial score (nSPS) is 10.5. The Kier molecular flexibility index (Phi) is 3.85. The monoisotopic (exact) mass is 210 g/mol. The fraction of sp³-hybridized carbons (Fsp3) is 0.182. The highest BCUT2D eigenvalue weighted by molar-refractivity contribution is 5.87. The second-order valence-electron chi connectivity index (χ2n) is 2.77. The standard InChI is InChI=1S/C11H11FO3/c1-2-15-10(14)7-6-8-4-3-5-9(13)11(8)12/h3-7,13H,2H2,1H3. The first-order chi connectivity index (χ1) is 7.15. The Balaban J connectivity index is 2.81. The van der Waals surface area contributed by atoms with Gasteiger partial charge in [-0.15, -0.1) is 0 Å². The summed E-state index contributed by atoms with van der Waals surface area (Å²) < 4.78 is 17.8. The third kappa shape index (κ3) is 3.09. The molecule has 0 radical (unpaired) electrons. The summed E-state index contributed by atoms with van der Waals surface area (Å²) in [5, 5.41) is 9.04. The first-order valence-electron chi connectivity index (χ1n) is 4.47. The second kappa shape index (κ2) is 5.14. The molecule has 0 fully saturated rings. The average Bonchev–Trinajstić information content (AvgIpc) is 2.21. The van der Waals surface area contributed by atoms with Crippen LogP contribution >= 0.6 is 0 Å². The zero-order chi connectivity index (χ0) is 11.3. The maximum absolute atomic E-state index is 13.2. The lowest BCUT2D eigenvalue weighted by atomic mass is 10.2. The lowest BCUT2D eigenvalue weighted by molar-refractivity contribution is -0.137. The highest BCUT2D eigenvalue weighted by Gasteiger charge is 2.04. The number of phenols is 1. The van der Waals surface area contributed by atoms with Crippen LogP contribution in [0.5, 0.6) is 5.75 Å². The molecule has 3 nitrogen and oxygen atoms in total. The van der Waals surface area contributed by atoms with Crippen LogP contribution in [0.25, 0.3) is 6.08 Å². The molecule has 0 aliphatic rings. The topological polar surface area (TPSA) is 46.5 Å². The van der Waals surface area contributed by atoms with Gasteiger partial charge in [-0.2, -0.15) is 0 Å². The molecule has 1 aromatic rings. The van der Waals surface area contributed by atoms with Gasteiger partial charge in [0.1, 0.15) is 0 Å². The van der Waals surface area contributed by atoms with E-state index in [1.54, 1.807) is 6.92 Å². The Morgan fingerprint density at radius 1 is 1.60 bits per heavy atom. The Hall–Kier alpha value is -1.84. The summed E-state index contributed by atoms with van der Waals surface area (Å²) in [7, 11) is 0. The van der Waals surface area contributed by atoms with E-state index in [1.165, 1.54) is 24.3 Å². The molecule has 1 rings (SSSR count). The number of halogens is 1. The number of rotatable bonds is 3. The Morgan fingerprint density at radius 3 is 3.00 bits per heavy atom. The number of hydrogen-bond donors (Lipinski definition) is 1. The number of esters is 1. The summed E-state index contributed by atoms with van der Waals surface area (Å²) in [6, 6.07) is 4.17. The van der Waals surface area contributed by atoms with Crippen molar-refractivity contribution < 1.29 is 19.0 Å². The van der Waals surface area contributed by atoms with Crippen LogP contribution in [-0.2, 0) is 9.53 Å². The molecule has 0 unspecified atom stereocenters. The van der Waals surface area contributed by atoms with Gasteiger partial charge in [0, 0.05) is 11.6 Å². The van der Waals surface area contributed by atoms with Crippen LogP contribution in [0, 0.1) is 5.82 Å². The van der Waals surface area contributed by atoms with Gasteiger partial charge in [0.25, 0.3) is 0 Å². The van der Waals surface area contributed by atoms with Gasteiger partial charge in [-0.1, -0.05) is 12.1 Å². The molecule has 0 aliphatic heterocycles. The number of hydrogen-bond acceptors (Lipinski definition) is 3. The number of ether oxygens (including phenoxy) is 1. The van der Waals surface area contributed by atoms with E-state index >= 15 is 0 Å². The average molecular weight is 210 g/mol. The van der Waals surface area contributed by atoms with Crippen LogP contribution in [0.2, 0.25) is 0 Å². The molecule has 0 atom stereocenters. The van der Waals surface area contributed by atoms with E-state index in [1.807, 2.05) is 0 Å². The Labute approximate surface area is 86.8 Å². The van der Waals surface area contributed by atoms with E-state index in [-0.39, 0.29) is 12.2 Å². The molecule has 80 valence electrons. The third-order valence-corrected chi connectivity index (χ3v) is 1.69. The van der Waals surface area contributed by atoms with Gasteiger partial charge in [0.05, 0.1) is 6.61 Å². The number of carbonyl (C=O) groups excluding carboxylic acids is 1. The maximum Gasteiger partial charge on any atom is 0.330 e. The van der Waals surface area contributed by atoms with Crippen LogP contribution in [0.3, 0.4) is 0 Å². The molecular formula is C11H11FO3. The zero-order valence-corrected chi connectivity index (χ0v) is 8.24. The fourth-order valence-electron chi connectivity index (χ4n) is 1.01. The fourth-order valence-corrected chi connectivity index (χ4v) is 1.01. The van der Waals surface area contributed by atoms with Crippen LogP contribution < -0.4 is 0 Å². The quantitative estimate of drug-likeness (QED) is 0.614. The Morgan fingerprint density at radius 2 is 2.33 bits per heavy atom. The van der Waals surface area contributed by atoms with Crippen LogP contribution in [0.1, 0.15) is 12.5 Å².